The van der Waals surface area contributed by atoms with Crippen molar-refractivity contribution in [2.75, 3.05) is 6.54 Å². The van der Waals surface area contributed by atoms with E-state index in [1.807, 2.05) is 27.0 Å². The van der Waals surface area contributed by atoms with E-state index in [0.29, 0.717) is 0 Å². The van der Waals surface area contributed by atoms with Gasteiger partial charge >= 0.3 is 0 Å². The molecule has 13 heavy (non-hydrogen) atoms. The van der Waals surface area contributed by atoms with Crippen LogP contribution in [0.25, 0.3) is 0 Å². The lowest BCUT2D eigenvalue weighted by Gasteiger charge is -2.14. The minimum Gasteiger partial charge on any atom is -0.312 e. The Balaban J connectivity index is 0.000000396. The molecule has 3 nitrogen and oxygen atoms in total. The first-order valence-corrected chi connectivity index (χ1v) is 4.88. The molecule has 1 aromatic rings. The third-order valence-corrected chi connectivity index (χ3v) is 1.93. The maximum Gasteiger partial charge on any atom is 0.125 e. The lowest BCUT2D eigenvalue weighted by Crippen LogP contribution is -2.25. The van der Waals surface area contributed by atoms with Gasteiger partial charge in [-0.25, -0.2) is 9.97 Å². The van der Waals surface area contributed by atoms with Crippen molar-refractivity contribution < 1.29 is 0 Å². The van der Waals surface area contributed by atoms with Crippen LogP contribution in [0.5, 0.6) is 0 Å². The molecule has 0 bridgehead atoms. The Bertz CT molecular complexity index is 271. The summed E-state index contributed by atoms with van der Waals surface area (Å²) in [6.45, 7) is 7.90. The number of nitrogens with one attached hydrogen (secondary N) is 1. The molecule has 72 valence electrons. The molecule has 1 aliphatic heterocycles. The summed E-state index contributed by atoms with van der Waals surface area (Å²) in [6.07, 6.45) is 2.96. The van der Waals surface area contributed by atoms with E-state index >= 15 is 0 Å². The number of aryl methyl sites for hydroxylation is 1. The van der Waals surface area contributed by atoms with Crippen LogP contribution < -0.4 is 5.32 Å². The van der Waals surface area contributed by atoms with Crippen molar-refractivity contribution >= 4 is 0 Å². The van der Waals surface area contributed by atoms with E-state index in [1.54, 1.807) is 0 Å². The van der Waals surface area contributed by atoms with Crippen LogP contribution in [0.15, 0.2) is 6.20 Å². The van der Waals surface area contributed by atoms with Crippen molar-refractivity contribution in [1.82, 2.24) is 15.3 Å². The maximum atomic E-state index is 4.36. The molecule has 0 aliphatic carbocycles. The molecule has 0 aromatic carbocycles. The number of aromatic nitrogens is 2. The van der Waals surface area contributed by atoms with Crippen molar-refractivity contribution in [2.45, 2.75) is 33.7 Å². The van der Waals surface area contributed by atoms with Crippen LogP contribution in [0.1, 0.15) is 30.9 Å². The Morgan fingerprint density at radius 2 is 2.15 bits per heavy atom. The summed E-state index contributed by atoms with van der Waals surface area (Å²) in [7, 11) is 0. The standard InChI is InChI=1S/C8H11N3.C2H6/c1-6-10-5-7-4-9-3-2-8(7)11-6;1-2/h5,9H,2-4H2,1H3;1-2H3. The fourth-order valence-electron chi connectivity index (χ4n) is 1.34. The third kappa shape index (κ3) is 2.49. The summed E-state index contributed by atoms with van der Waals surface area (Å²) in [5.74, 6) is 0.880. The van der Waals surface area contributed by atoms with Crippen molar-refractivity contribution in [2.24, 2.45) is 0 Å². The zero-order valence-corrected chi connectivity index (χ0v) is 8.59. The van der Waals surface area contributed by atoms with Gasteiger partial charge < -0.3 is 5.32 Å². The smallest absolute Gasteiger partial charge is 0.125 e. The topological polar surface area (TPSA) is 37.8 Å². The summed E-state index contributed by atoms with van der Waals surface area (Å²) < 4.78 is 0. The summed E-state index contributed by atoms with van der Waals surface area (Å²) in [4.78, 5) is 8.50. The minimum atomic E-state index is 0.880. The molecule has 1 N–H and O–H groups in total. The van der Waals surface area contributed by atoms with Gasteiger partial charge in [0.2, 0.25) is 0 Å². The molecule has 0 fully saturated rings. The molecular formula is C10H17N3. The van der Waals surface area contributed by atoms with Crippen molar-refractivity contribution in [3.05, 3.63) is 23.3 Å². The molecule has 3 heteroatoms. The third-order valence-electron chi connectivity index (χ3n) is 1.93. The van der Waals surface area contributed by atoms with Gasteiger partial charge in [0.1, 0.15) is 5.82 Å². The highest BCUT2D eigenvalue weighted by Gasteiger charge is 2.09. The number of fused-ring (bicyclic) bond motifs is 1. The fourth-order valence-corrected chi connectivity index (χ4v) is 1.34. The molecule has 0 saturated carbocycles. The quantitative estimate of drug-likeness (QED) is 0.655. The van der Waals surface area contributed by atoms with E-state index in [2.05, 4.69) is 15.3 Å². The van der Waals surface area contributed by atoms with Gasteiger partial charge in [0.15, 0.2) is 0 Å². The molecule has 2 rings (SSSR count). The SMILES string of the molecule is CC.Cc1ncc2c(n1)CCNC2. The molecule has 0 atom stereocenters. The minimum absolute atomic E-state index is 0.880. The first-order chi connectivity index (χ1) is 6.36. The first kappa shape index (κ1) is 10.1. The van der Waals surface area contributed by atoms with Crippen LogP contribution in [0, 0.1) is 6.92 Å². The second-order valence-corrected chi connectivity index (χ2v) is 2.82. The van der Waals surface area contributed by atoms with E-state index in [0.717, 1.165) is 25.3 Å². The summed E-state index contributed by atoms with van der Waals surface area (Å²) in [5.41, 5.74) is 2.47. The Morgan fingerprint density at radius 1 is 1.38 bits per heavy atom. The second-order valence-electron chi connectivity index (χ2n) is 2.82. The highest BCUT2D eigenvalue weighted by atomic mass is 14.9. The van der Waals surface area contributed by atoms with E-state index in [1.165, 1.54) is 11.3 Å². The van der Waals surface area contributed by atoms with Crippen LogP contribution in [0.2, 0.25) is 0 Å². The van der Waals surface area contributed by atoms with Crippen LogP contribution >= 0.6 is 0 Å². The van der Waals surface area contributed by atoms with E-state index in [9.17, 15) is 0 Å². The molecule has 0 saturated heterocycles. The van der Waals surface area contributed by atoms with Gasteiger partial charge in [-0.1, -0.05) is 13.8 Å². The van der Waals surface area contributed by atoms with E-state index in [-0.39, 0.29) is 0 Å². The molecule has 0 amide bonds. The Kier molecular flexibility index (Phi) is 3.83. The number of hydrogen-bond acceptors (Lipinski definition) is 3. The van der Waals surface area contributed by atoms with Crippen LogP contribution in [-0.2, 0) is 13.0 Å². The van der Waals surface area contributed by atoms with Gasteiger partial charge in [-0.05, 0) is 6.92 Å². The molecule has 0 spiro atoms. The van der Waals surface area contributed by atoms with Crippen molar-refractivity contribution in [1.29, 1.82) is 0 Å². The average molecular weight is 179 g/mol. The van der Waals surface area contributed by atoms with Crippen LogP contribution in [0.3, 0.4) is 0 Å². The zero-order chi connectivity index (χ0) is 9.68. The predicted molar refractivity (Wildman–Crippen MR) is 53.5 cm³/mol. The van der Waals surface area contributed by atoms with Crippen molar-refractivity contribution in [3.8, 4) is 0 Å². The predicted octanol–water partition coefficient (Wildman–Crippen LogP) is 1.46. The van der Waals surface area contributed by atoms with Crippen LogP contribution in [0.4, 0.5) is 0 Å². The molecule has 2 heterocycles. The summed E-state index contributed by atoms with van der Waals surface area (Å²) in [5, 5.41) is 3.28. The van der Waals surface area contributed by atoms with Crippen LogP contribution in [-0.4, -0.2) is 16.5 Å². The van der Waals surface area contributed by atoms with Gasteiger partial charge in [-0.3, -0.25) is 0 Å². The lowest BCUT2D eigenvalue weighted by molar-refractivity contribution is 0.622. The molecule has 0 radical (unpaired) electrons. The monoisotopic (exact) mass is 179 g/mol. The number of rotatable bonds is 0. The number of hydrogen-bond donors (Lipinski definition) is 1. The average Bonchev–Trinajstić information content (AvgIpc) is 2.21. The van der Waals surface area contributed by atoms with E-state index in [4.69, 9.17) is 0 Å². The molecule has 0 unspecified atom stereocenters. The van der Waals surface area contributed by atoms with Gasteiger partial charge in [-0.2, -0.15) is 0 Å². The Morgan fingerprint density at radius 3 is 2.92 bits per heavy atom. The molecule has 1 aromatic heterocycles. The largest absolute Gasteiger partial charge is 0.312 e. The maximum absolute atomic E-state index is 4.36. The lowest BCUT2D eigenvalue weighted by atomic mass is 10.1. The van der Waals surface area contributed by atoms with Crippen molar-refractivity contribution in [3.63, 3.8) is 0 Å². The van der Waals surface area contributed by atoms with Gasteiger partial charge in [0, 0.05) is 37.0 Å². The Hall–Kier alpha value is -0.960. The second kappa shape index (κ2) is 4.92. The fraction of sp³-hybridized carbons (Fsp3) is 0.600. The van der Waals surface area contributed by atoms with Gasteiger partial charge in [0.25, 0.3) is 0 Å². The number of nitrogens with zero attached hydrogens (tertiary/aromatic N) is 2. The van der Waals surface area contributed by atoms with Gasteiger partial charge in [0.05, 0.1) is 0 Å². The van der Waals surface area contributed by atoms with Gasteiger partial charge in [-0.15, -0.1) is 0 Å². The summed E-state index contributed by atoms with van der Waals surface area (Å²) in [6, 6.07) is 0. The first-order valence-electron chi connectivity index (χ1n) is 4.88. The highest BCUT2D eigenvalue weighted by molar-refractivity contribution is 5.19. The Labute approximate surface area is 79.6 Å². The summed E-state index contributed by atoms with van der Waals surface area (Å²) >= 11 is 0. The van der Waals surface area contributed by atoms with E-state index < -0.39 is 0 Å². The zero-order valence-electron chi connectivity index (χ0n) is 8.59. The highest BCUT2D eigenvalue weighted by Crippen LogP contribution is 2.08. The molecule has 1 aliphatic rings. The normalized spacial score (nSPS) is 14.1. The molecular weight excluding hydrogens is 162 g/mol.